The van der Waals surface area contributed by atoms with Crippen molar-refractivity contribution < 1.29 is 9.59 Å². The van der Waals surface area contributed by atoms with E-state index >= 15 is 0 Å². The summed E-state index contributed by atoms with van der Waals surface area (Å²) in [6, 6.07) is 25.3. The number of aryl methyl sites for hydroxylation is 1. The SMILES string of the molecule is Cn1c(=O)cc(C(=O)NNC(=O)c2ccc(-c3ccccc3)cc2)c2ccccc21. The standard InChI is InChI=1S/C24H19N3O3/c1-27-21-10-6-5-9-19(21)20(15-22(27)28)24(30)26-25-23(29)18-13-11-17(12-14-18)16-7-3-2-4-8-16/h2-15H,1H3,(H,25,29)(H,26,30). The molecule has 0 aliphatic heterocycles. The minimum Gasteiger partial charge on any atom is -0.311 e. The van der Waals surface area contributed by atoms with Gasteiger partial charge >= 0.3 is 0 Å². The van der Waals surface area contributed by atoms with Crippen molar-refractivity contribution in [2.24, 2.45) is 7.05 Å². The van der Waals surface area contributed by atoms with Crippen LogP contribution in [0, 0.1) is 0 Å². The van der Waals surface area contributed by atoms with Gasteiger partial charge in [-0.25, -0.2) is 0 Å². The third kappa shape index (κ3) is 3.71. The van der Waals surface area contributed by atoms with Gasteiger partial charge in [-0.05, 0) is 29.3 Å². The first kappa shape index (κ1) is 19.1. The molecule has 2 N–H and O–H groups in total. The summed E-state index contributed by atoms with van der Waals surface area (Å²) >= 11 is 0. The van der Waals surface area contributed by atoms with E-state index in [0.717, 1.165) is 11.1 Å². The lowest BCUT2D eigenvalue weighted by Gasteiger charge is -2.11. The van der Waals surface area contributed by atoms with Crippen molar-refractivity contribution >= 4 is 22.7 Å². The smallest absolute Gasteiger partial charge is 0.270 e. The number of hydrogen-bond donors (Lipinski definition) is 2. The van der Waals surface area contributed by atoms with Gasteiger partial charge < -0.3 is 4.57 Å². The van der Waals surface area contributed by atoms with Crippen LogP contribution in [0.3, 0.4) is 0 Å². The first-order chi connectivity index (χ1) is 14.5. The number of hydrazine groups is 1. The van der Waals surface area contributed by atoms with Crippen LogP contribution in [0.15, 0.2) is 89.7 Å². The molecule has 0 aliphatic rings. The van der Waals surface area contributed by atoms with Crippen molar-refractivity contribution in [3.8, 4) is 11.1 Å². The van der Waals surface area contributed by atoms with Crippen LogP contribution in [0.5, 0.6) is 0 Å². The molecule has 6 heteroatoms. The zero-order valence-electron chi connectivity index (χ0n) is 16.3. The van der Waals surface area contributed by atoms with Gasteiger partial charge in [-0.1, -0.05) is 60.7 Å². The summed E-state index contributed by atoms with van der Waals surface area (Å²) in [7, 11) is 1.65. The molecule has 0 spiro atoms. The molecule has 1 heterocycles. The van der Waals surface area contributed by atoms with E-state index in [4.69, 9.17) is 0 Å². The number of rotatable bonds is 3. The van der Waals surface area contributed by atoms with Gasteiger partial charge in [-0.2, -0.15) is 0 Å². The van der Waals surface area contributed by atoms with Crippen molar-refractivity contribution in [2.75, 3.05) is 0 Å². The van der Waals surface area contributed by atoms with Crippen molar-refractivity contribution in [1.29, 1.82) is 0 Å². The highest BCUT2D eigenvalue weighted by molar-refractivity contribution is 6.07. The van der Waals surface area contributed by atoms with E-state index in [-0.39, 0.29) is 11.1 Å². The Hall–Kier alpha value is -4.19. The molecule has 6 nitrogen and oxygen atoms in total. The summed E-state index contributed by atoms with van der Waals surface area (Å²) in [5, 5.41) is 0.624. The maximum atomic E-state index is 12.6. The Bertz CT molecular complexity index is 1290. The first-order valence-electron chi connectivity index (χ1n) is 9.39. The van der Waals surface area contributed by atoms with Crippen molar-refractivity contribution in [2.45, 2.75) is 0 Å². The Labute approximate surface area is 172 Å². The number of aromatic nitrogens is 1. The molecule has 2 amide bonds. The number of amides is 2. The average molecular weight is 397 g/mol. The number of fused-ring (bicyclic) bond motifs is 1. The molecule has 0 aliphatic carbocycles. The Morgan fingerprint density at radius 2 is 1.33 bits per heavy atom. The molecule has 4 aromatic rings. The van der Waals surface area contributed by atoms with Crippen molar-refractivity contribution in [3.63, 3.8) is 0 Å². The molecule has 0 radical (unpaired) electrons. The van der Waals surface area contributed by atoms with Crippen LogP contribution in [-0.4, -0.2) is 16.4 Å². The Balaban J connectivity index is 1.49. The number of hydrogen-bond acceptors (Lipinski definition) is 3. The lowest BCUT2D eigenvalue weighted by Crippen LogP contribution is -2.42. The second-order valence-corrected chi connectivity index (χ2v) is 6.82. The Kier molecular flexibility index (Phi) is 5.13. The molecular formula is C24H19N3O3. The molecule has 30 heavy (non-hydrogen) atoms. The Morgan fingerprint density at radius 3 is 2.07 bits per heavy atom. The van der Waals surface area contributed by atoms with E-state index in [1.54, 1.807) is 43.4 Å². The summed E-state index contributed by atoms with van der Waals surface area (Å²) in [5.41, 5.74) is 7.79. The highest BCUT2D eigenvalue weighted by atomic mass is 16.2. The van der Waals surface area contributed by atoms with E-state index in [2.05, 4.69) is 10.9 Å². The van der Waals surface area contributed by atoms with E-state index in [0.29, 0.717) is 16.5 Å². The van der Waals surface area contributed by atoms with E-state index < -0.39 is 11.8 Å². The van der Waals surface area contributed by atoms with Gasteiger partial charge in [0.1, 0.15) is 0 Å². The van der Waals surface area contributed by atoms with Crippen molar-refractivity contribution in [1.82, 2.24) is 15.4 Å². The number of benzene rings is 3. The van der Waals surface area contributed by atoms with Crippen LogP contribution in [0.25, 0.3) is 22.0 Å². The van der Waals surface area contributed by atoms with Crippen LogP contribution < -0.4 is 16.4 Å². The predicted octanol–water partition coefficient (Wildman–Crippen LogP) is 3.28. The van der Waals surface area contributed by atoms with Crippen LogP contribution in [0.4, 0.5) is 0 Å². The molecule has 0 atom stereocenters. The predicted molar refractivity (Wildman–Crippen MR) is 116 cm³/mol. The molecule has 0 unspecified atom stereocenters. The molecule has 3 aromatic carbocycles. The number of nitrogens with zero attached hydrogens (tertiary/aromatic N) is 1. The lowest BCUT2D eigenvalue weighted by molar-refractivity contribution is 0.0847. The molecule has 0 fully saturated rings. The normalized spacial score (nSPS) is 10.6. The second kappa shape index (κ2) is 8.05. The van der Waals surface area contributed by atoms with E-state index in [9.17, 15) is 14.4 Å². The lowest BCUT2D eigenvalue weighted by atomic mass is 10.0. The number of nitrogens with one attached hydrogen (secondary N) is 2. The fourth-order valence-corrected chi connectivity index (χ4v) is 3.30. The van der Waals surface area contributed by atoms with Crippen LogP contribution in [0.1, 0.15) is 20.7 Å². The quantitative estimate of drug-likeness (QED) is 0.521. The van der Waals surface area contributed by atoms with Gasteiger partial charge in [-0.3, -0.25) is 25.2 Å². The molecule has 0 saturated heterocycles. The summed E-state index contributed by atoms with van der Waals surface area (Å²) in [6.07, 6.45) is 0. The minimum absolute atomic E-state index is 0.202. The Morgan fingerprint density at radius 1 is 0.733 bits per heavy atom. The molecule has 1 aromatic heterocycles. The molecule has 0 bridgehead atoms. The fourth-order valence-electron chi connectivity index (χ4n) is 3.30. The van der Waals surface area contributed by atoms with Crippen LogP contribution in [0.2, 0.25) is 0 Å². The number of carbonyl (C=O) groups is 2. The topological polar surface area (TPSA) is 80.2 Å². The van der Waals surface area contributed by atoms with Gasteiger partial charge in [0.05, 0.1) is 11.1 Å². The van der Waals surface area contributed by atoms with E-state index in [1.807, 2.05) is 42.5 Å². The summed E-state index contributed by atoms with van der Waals surface area (Å²) in [5.74, 6) is -1.01. The van der Waals surface area contributed by atoms with Crippen molar-refractivity contribution in [3.05, 3.63) is 106 Å². The summed E-state index contributed by atoms with van der Waals surface area (Å²) < 4.78 is 1.47. The molecule has 4 rings (SSSR count). The largest absolute Gasteiger partial charge is 0.311 e. The molecule has 0 saturated carbocycles. The van der Waals surface area contributed by atoms with Crippen LogP contribution >= 0.6 is 0 Å². The zero-order valence-corrected chi connectivity index (χ0v) is 16.3. The first-order valence-corrected chi connectivity index (χ1v) is 9.39. The van der Waals surface area contributed by atoms with Crippen LogP contribution in [-0.2, 0) is 7.05 Å². The summed E-state index contributed by atoms with van der Waals surface area (Å²) in [4.78, 5) is 37.2. The zero-order chi connectivity index (χ0) is 21.1. The molecule has 148 valence electrons. The van der Waals surface area contributed by atoms with Gasteiger partial charge in [0, 0.05) is 24.1 Å². The summed E-state index contributed by atoms with van der Waals surface area (Å²) in [6.45, 7) is 0. The number of para-hydroxylation sites is 1. The molecular weight excluding hydrogens is 378 g/mol. The number of pyridine rings is 1. The van der Waals surface area contributed by atoms with Gasteiger partial charge in [0.15, 0.2) is 0 Å². The number of carbonyl (C=O) groups excluding carboxylic acids is 2. The minimum atomic E-state index is -0.557. The highest BCUT2D eigenvalue weighted by Gasteiger charge is 2.14. The maximum Gasteiger partial charge on any atom is 0.270 e. The van der Waals surface area contributed by atoms with E-state index in [1.165, 1.54) is 10.6 Å². The maximum absolute atomic E-state index is 12.6. The fraction of sp³-hybridized carbons (Fsp3) is 0.0417. The second-order valence-electron chi connectivity index (χ2n) is 6.82. The van der Waals surface area contributed by atoms with Gasteiger partial charge in [-0.15, -0.1) is 0 Å². The third-order valence-corrected chi connectivity index (χ3v) is 4.94. The van der Waals surface area contributed by atoms with Gasteiger partial charge in [0.2, 0.25) is 0 Å². The monoisotopic (exact) mass is 397 g/mol. The third-order valence-electron chi connectivity index (χ3n) is 4.94. The average Bonchev–Trinajstić information content (AvgIpc) is 2.80. The van der Waals surface area contributed by atoms with Gasteiger partial charge in [0.25, 0.3) is 17.4 Å². The highest BCUT2D eigenvalue weighted by Crippen LogP contribution is 2.19.